The van der Waals surface area contributed by atoms with Crippen molar-refractivity contribution in [3.8, 4) is 17.5 Å². The van der Waals surface area contributed by atoms with E-state index in [2.05, 4.69) is 16.3 Å². The summed E-state index contributed by atoms with van der Waals surface area (Å²) in [5.41, 5.74) is 2.07. The molecule has 1 aliphatic carbocycles. The van der Waals surface area contributed by atoms with Gasteiger partial charge in [-0.25, -0.2) is 14.2 Å². The highest BCUT2D eigenvalue weighted by atomic mass is 19.1. The Morgan fingerprint density at radius 3 is 2.73 bits per heavy atom. The summed E-state index contributed by atoms with van der Waals surface area (Å²) in [7, 11) is 1.41. The zero-order chi connectivity index (χ0) is 26.5. The Morgan fingerprint density at radius 1 is 1.35 bits per heavy atom. The van der Waals surface area contributed by atoms with Crippen LogP contribution in [-0.4, -0.2) is 48.6 Å². The molecular formula is C27H28FN5O4. The van der Waals surface area contributed by atoms with Gasteiger partial charge in [-0.2, -0.15) is 10.4 Å². The van der Waals surface area contributed by atoms with Gasteiger partial charge in [0.1, 0.15) is 0 Å². The fourth-order valence-corrected chi connectivity index (χ4v) is 5.58. The first-order chi connectivity index (χ1) is 17.6. The van der Waals surface area contributed by atoms with Gasteiger partial charge >= 0.3 is 5.97 Å². The van der Waals surface area contributed by atoms with Crippen molar-refractivity contribution < 1.29 is 24.1 Å². The molecule has 10 heteroatoms. The first-order valence-electron chi connectivity index (χ1n) is 12.1. The molecule has 0 unspecified atom stereocenters. The lowest BCUT2D eigenvalue weighted by molar-refractivity contribution is -0.162. The van der Waals surface area contributed by atoms with Crippen LogP contribution in [0.3, 0.4) is 0 Å². The molecule has 4 aromatic rings. The maximum Gasteiger partial charge on any atom is 0.335 e. The van der Waals surface area contributed by atoms with Gasteiger partial charge in [0.05, 0.1) is 30.4 Å². The SMILES string of the molecule is COc1cc(-n2c(C(C)(C)CC#N)c([C@H]3CC[C@](O)(C(=O)O)CC3)c3nc4[nH]ncc4cc32)ccc1F. The predicted molar refractivity (Wildman–Crippen MR) is 134 cm³/mol. The first kappa shape index (κ1) is 24.7. The second-order valence-corrected chi connectivity index (χ2v) is 10.4. The van der Waals surface area contributed by atoms with E-state index in [1.54, 1.807) is 18.3 Å². The Morgan fingerprint density at radius 2 is 2.08 bits per heavy atom. The lowest BCUT2D eigenvalue weighted by atomic mass is 9.73. The summed E-state index contributed by atoms with van der Waals surface area (Å²) in [5, 5.41) is 37.7. The molecule has 3 N–H and O–H groups in total. The van der Waals surface area contributed by atoms with Crippen molar-refractivity contribution in [2.45, 2.75) is 62.9 Å². The summed E-state index contributed by atoms with van der Waals surface area (Å²) >= 11 is 0. The predicted octanol–water partition coefficient (Wildman–Crippen LogP) is 4.71. The van der Waals surface area contributed by atoms with Gasteiger partial charge in [0.15, 0.2) is 22.8 Å². The second-order valence-electron chi connectivity index (χ2n) is 10.4. The minimum atomic E-state index is -1.76. The number of aliphatic hydroxyl groups is 1. The van der Waals surface area contributed by atoms with Crippen molar-refractivity contribution in [1.82, 2.24) is 19.7 Å². The number of aromatic nitrogens is 4. The fraction of sp³-hybridized carbons (Fsp3) is 0.407. The molecule has 1 saturated carbocycles. The van der Waals surface area contributed by atoms with E-state index < -0.39 is 22.8 Å². The number of pyridine rings is 1. The zero-order valence-corrected chi connectivity index (χ0v) is 20.9. The van der Waals surface area contributed by atoms with E-state index in [4.69, 9.17) is 9.72 Å². The molecule has 0 saturated heterocycles. The van der Waals surface area contributed by atoms with Crippen molar-refractivity contribution in [3.63, 3.8) is 0 Å². The molecule has 5 rings (SSSR count). The number of benzene rings is 1. The number of ether oxygens (including phenoxy) is 1. The van der Waals surface area contributed by atoms with E-state index in [9.17, 15) is 24.7 Å². The van der Waals surface area contributed by atoms with Gasteiger partial charge in [-0.05, 0) is 49.8 Å². The average molecular weight is 506 g/mol. The highest BCUT2D eigenvalue weighted by Gasteiger charge is 2.43. The van der Waals surface area contributed by atoms with Crippen LogP contribution in [0.2, 0.25) is 0 Å². The summed E-state index contributed by atoms with van der Waals surface area (Å²) in [4.78, 5) is 16.6. The number of aliphatic carboxylic acids is 1. The quantitative estimate of drug-likeness (QED) is 0.345. The number of nitrogens with zero attached hydrogens (tertiary/aromatic N) is 4. The van der Waals surface area contributed by atoms with Crippen LogP contribution in [0, 0.1) is 17.1 Å². The van der Waals surface area contributed by atoms with E-state index in [0.29, 0.717) is 29.7 Å². The van der Waals surface area contributed by atoms with Gasteiger partial charge in [0.25, 0.3) is 0 Å². The number of fused-ring (bicyclic) bond motifs is 2. The van der Waals surface area contributed by atoms with E-state index in [0.717, 1.165) is 22.2 Å². The Hall–Kier alpha value is -3.97. The number of H-pyrrole nitrogens is 1. The topological polar surface area (TPSA) is 137 Å². The van der Waals surface area contributed by atoms with Crippen LogP contribution in [0.1, 0.15) is 63.1 Å². The number of nitriles is 1. The number of carboxylic acid groups (broad SMARTS) is 1. The molecule has 0 amide bonds. The monoisotopic (exact) mass is 505 g/mol. The molecule has 1 aliphatic rings. The summed E-state index contributed by atoms with van der Waals surface area (Å²) in [6.07, 6.45) is 2.97. The second kappa shape index (κ2) is 8.85. The van der Waals surface area contributed by atoms with Gasteiger partial charge in [-0.15, -0.1) is 0 Å². The number of nitrogens with one attached hydrogen (secondary N) is 1. The number of hydrogen-bond donors (Lipinski definition) is 3. The summed E-state index contributed by atoms with van der Waals surface area (Å²) in [5.74, 6) is -1.72. The maximum atomic E-state index is 14.4. The Kier molecular flexibility index (Phi) is 5.91. The Balaban J connectivity index is 1.83. The molecule has 37 heavy (non-hydrogen) atoms. The molecule has 0 aliphatic heterocycles. The molecule has 0 spiro atoms. The largest absolute Gasteiger partial charge is 0.494 e. The highest BCUT2D eigenvalue weighted by Crippen LogP contribution is 2.47. The van der Waals surface area contributed by atoms with Crippen LogP contribution >= 0.6 is 0 Å². The molecule has 3 heterocycles. The molecule has 1 aromatic carbocycles. The van der Waals surface area contributed by atoms with Crippen LogP contribution in [-0.2, 0) is 10.2 Å². The number of hydrogen-bond acceptors (Lipinski definition) is 6. The van der Waals surface area contributed by atoms with E-state index >= 15 is 0 Å². The normalized spacial score (nSPS) is 20.3. The van der Waals surface area contributed by atoms with Gasteiger partial charge in [-0.1, -0.05) is 13.8 Å². The van der Waals surface area contributed by atoms with Crippen molar-refractivity contribution in [3.05, 3.63) is 47.5 Å². The molecule has 1 fully saturated rings. The average Bonchev–Trinajstić information content (AvgIpc) is 3.45. The number of carboxylic acids is 1. The molecule has 0 atom stereocenters. The number of aromatic amines is 1. The van der Waals surface area contributed by atoms with Crippen molar-refractivity contribution in [1.29, 1.82) is 5.26 Å². The van der Waals surface area contributed by atoms with Gasteiger partial charge in [0, 0.05) is 40.2 Å². The Labute approximate surface area is 212 Å². The standard InChI is InChI=1S/C27H28FN5O4/c1-26(2,10-11-29)23-21(15-6-8-27(36,9-7-15)25(34)35)22-19(12-16-14-30-32-24(16)31-22)33(23)17-4-5-18(28)20(13-17)37-3/h4-5,12-15,36H,6-10H2,1-3H3,(H,34,35)(H,30,31,32)/t15-,27+. The first-order valence-corrected chi connectivity index (χ1v) is 12.1. The molecule has 9 nitrogen and oxygen atoms in total. The smallest absolute Gasteiger partial charge is 0.335 e. The molecular weight excluding hydrogens is 477 g/mol. The minimum absolute atomic E-state index is 0.0893. The van der Waals surface area contributed by atoms with Crippen LogP contribution in [0.15, 0.2) is 30.5 Å². The summed E-state index contributed by atoms with van der Waals surface area (Å²) < 4.78 is 21.6. The van der Waals surface area contributed by atoms with E-state index in [1.165, 1.54) is 13.2 Å². The van der Waals surface area contributed by atoms with Crippen LogP contribution < -0.4 is 4.74 Å². The third-order valence-corrected chi connectivity index (χ3v) is 7.55. The molecule has 0 bridgehead atoms. The zero-order valence-electron chi connectivity index (χ0n) is 20.9. The van der Waals surface area contributed by atoms with Gasteiger partial charge in [0.2, 0.25) is 0 Å². The summed E-state index contributed by atoms with van der Waals surface area (Å²) in [6.45, 7) is 3.96. The third-order valence-electron chi connectivity index (χ3n) is 7.55. The maximum absolute atomic E-state index is 14.4. The number of halogens is 1. The van der Waals surface area contributed by atoms with Gasteiger partial charge in [-0.3, -0.25) is 5.10 Å². The lowest BCUT2D eigenvalue weighted by Gasteiger charge is -2.35. The number of carbonyl (C=O) groups is 1. The van der Waals surface area contributed by atoms with Gasteiger partial charge < -0.3 is 19.5 Å². The van der Waals surface area contributed by atoms with E-state index in [1.807, 2.05) is 24.5 Å². The van der Waals surface area contributed by atoms with Crippen molar-refractivity contribution in [2.24, 2.45) is 0 Å². The third kappa shape index (κ3) is 4.00. The number of methoxy groups -OCH3 is 1. The molecule has 192 valence electrons. The number of rotatable bonds is 6. The van der Waals surface area contributed by atoms with Crippen LogP contribution in [0.25, 0.3) is 27.8 Å². The van der Waals surface area contributed by atoms with Crippen molar-refractivity contribution in [2.75, 3.05) is 7.11 Å². The molecule has 0 radical (unpaired) electrons. The Bertz CT molecular complexity index is 1560. The lowest BCUT2D eigenvalue weighted by Crippen LogP contribution is -2.41. The molecule has 3 aromatic heterocycles. The van der Waals surface area contributed by atoms with Crippen LogP contribution in [0.5, 0.6) is 5.75 Å². The van der Waals surface area contributed by atoms with Crippen molar-refractivity contribution >= 4 is 28.0 Å². The fourth-order valence-electron chi connectivity index (χ4n) is 5.58. The highest BCUT2D eigenvalue weighted by molar-refractivity contribution is 5.94. The minimum Gasteiger partial charge on any atom is -0.494 e. The summed E-state index contributed by atoms with van der Waals surface area (Å²) in [6, 6.07) is 8.88. The van der Waals surface area contributed by atoms with Crippen LogP contribution in [0.4, 0.5) is 4.39 Å². The van der Waals surface area contributed by atoms with E-state index in [-0.39, 0.29) is 30.9 Å².